The number of nitrogens with one attached hydrogen (secondary N) is 1. The molecule has 2 aromatic rings. The number of rotatable bonds is 5. The third kappa shape index (κ3) is 4.53. The molecule has 0 radical (unpaired) electrons. The molecule has 1 N–H and O–H groups in total. The molecule has 0 fully saturated rings. The second kappa shape index (κ2) is 7.73. The summed E-state index contributed by atoms with van der Waals surface area (Å²) in [5, 5.41) is 2.61. The molecular weight excluding hydrogens is 324 g/mol. The van der Waals surface area contributed by atoms with Crippen LogP contribution in [0.25, 0.3) is 0 Å². The Balaban J connectivity index is 2.15. The van der Waals surface area contributed by atoms with Gasteiger partial charge in [0.25, 0.3) is 11.7 Å². The van der Waals surface area contributed by atoms with Crippen LogP contribution < -0.4 is 5.32 Å². The number of thioether (sulfide) groups is 1. The fraction of sp³-hybridized carbons (Fsp3) is 0.125. The molecule has 0 bridgehead atoms. The van der Waals surface area contributed by atoms with E-state index in [1.807, 2.05) is 0 Å². The first-order chi connectivity index (χ1) is 11.0. The van der Waals surface area contributed by atoms with Crippen LogP contribution in [-0.2, 0) is 4.74 Å². The lowest BCUT2D eigenvalue weighted by Gasteiger charge is -2.10. The Kier molecular flexibility index (Phi) is 5.70. The molecule has 0 aliphatic carbocycles. The van der Waals surface area contributed by atoms with Gasteiger partial charge in [-0.05, 0) is 36.4 Å². The normalized spacial score (nSPS) is 10.4. The predicted octanol–water partition coefficient (Wildman–Crippen LogP) is 4.04. The lowest BCUT2D eigenvalue weighted by molar-refractivity contribution is 0.0600. The zero-order valence-corrected chi connectivity index (χ0v) is 12.9. The summed E-state index contributed by atoms with van der Waals surface area (Å²) in [7, 11) is 1.27. The van der Waals surface area contributed by atoms with Crippen molar-refractivity contribution in [3.8, 4) is 0 Å². The van der Waals surface area contributed by atoms with Gasteiger partial charge in [-0.1, -0.05) is 23.9 Å². The van der Waals surface area contributed by atoms with Crippen molar-refractivity contribution >= 4 is 29.3 Å². The SMILES string of the molecule is COC(=O)c1ccc(NC(=O)c2ccccc2SC(F)F)cc1. The number of ether oxygens (including phenoxy) is 1. The van der Waals surface area contributed by atoms with Gasteiger partial charge in [0.2, 0.25) is 0 Å². The third-order valence-corrected chi connectivity index (χ3v) is 3.70. The quantitative estimate of drug-likeness (QED) is 0.661. The summed E-state index contributed by atoms with van der Waals surface area (Å²) in [5.74, 6) is -3.59. The molecule has 2 aromatic carbocycles. The summed E-state index contributed by atoms with van der Waals surface area (Å²) in [4.78, 5) is 23.8. The molecule has 7 heteroatoms. The van der Waals surface area contributed by atoms with Crippen LogP contribution in [0, 0.1) is 0 Å². The highest BCUT2D eigenvalue weighted by Gasteiger charge is 2.15. The summed E-state index contributed by atoms with van der Waals surface area (Å²) < 4.78 is 29.6. The first-order valence-electron chi connectivity index (χ1n) is 6.55. The van der Waals surface area contributed by atoms with Crippen molar-refractivity contribution in [3.63, 3.8) is 0 Å². The minimum atomic E-state index is -2.61. The smallest absolute Gasteiger partial charge is 0.337 e. The molecule has 23 heavy (non-hydrogen) atoms. The van der Waals surface area contributed by atoms with Crippen LogP contribution in [-0.4, -0.2) is 24.7 Å². The molecule has 0 heterocycles. The second-order valence-electron chi connectivity index (χ2n) is 4.40. The van der Waals surface area contributed by atoms with Gasteiger partial charge in [0.15, 0.2) is 0 Å². The Morgan fingerprint density at radius 3 is 2.35 bits per heavy atom. The Hall–Kier alpha value is -2.41. The molecule has 0 aliphatic rings. The van der Waals surface area contributed by atoms with Crippen molar-refractivity contribution in [1.29, 1.82) is 0 Å². The van der Waals surface area contributed by atoms with Gasteiger partial charge in [-0.3, -0.25) is 4.79 Å². The van der Waals surface area contributed by atoms with E-state index in [2.05, 4.69) is 10.1 Å². The van der Waals surface area contributed by atoms with Crippen molar-refractivity contribution < 1.29 is 23.1 Å². The minimum absolute atomic E-state index is 0.162. The molecule has 4 nitrogen and oxygen atoms in total. The van der Waals surface area contributed by atoms with E-state index in [9.17, 15) is 18.4 Å². The average Bonchev–Trinajstić information content (AvgIpc) is 2.54. The van der Waals surface area contributed by atoms with E-state index >= 15 is 0 Å². The summed E-state index contributed by atoms with van der Waals surface area (Å²) in [6, 6.07) is 12.2. The fourth-order valence-electron chi connectivity index (χ4n) is 1.86. The van der Waals surface area contributed by atoms with Crippen molar-refractivity contribution in [1.82, 2.24) is 0 Å². The predicted molar refractivity (Wildman–Crippen MR) is 84.0 cm³/mol. The van der Waals surface area contributed by atoms with Gasteiger partial charge < -0.3 is 10.1 Å². The van der Waals surface area contributed by atoms with Crippen molar-refractivity contribution in [3.05, 3.63) is 59.7 Å². The summed E-state index contributed by atoms with van der Waals surface area (Å²) >= 11 is 0.318. The van der Waals surface area contributed by atoms with E-state index < -0.39 is 17.6 Å². The Bertz CT molecular complexity index is 705. The molecule has 120 valence electrons. The lowest BCUT2D eigenvalue weighted by Crippen LogP contribution is -2.13. The van der Waals surface area contributed by atoms with E-state index in [1.165, 1.54) is 43.5 Å². The van der Waals surface area contributed by atoms with E-state index in [4.69, 9.17) is 0 Å². The number of hydrogen-bond acceptors (Lipinski definition) is 4. The highest BCUT2D eigenvalue weighted by molar-refractivity contribution is 7.99. The number of alkyl halides is 2. The number of hydrogen-bond donors (Lipinski definition) is 1. The summed E-state index contributed by atoms with van der Waals surface area (Å²) in [6.07, 6.45) is 0. The number of carbonyl (C=O) groups is 2. The van der Waals surface area contributed by atoms with Crippen LogP contribution in [0.2, 0.25) is 0 Å². The van der Waals surface area contributed by atoms with E-state index in [1.54, 1.807) is 12.1 Å². The van der Waals surface area contributed by atoms with Gasteiger partial charge >= 0.3 is 5.97 Å². The van der Waals surface area contributed by atoms with Gasteiger partial charge in [0.1, 0.15) is 0 Å². The topological polar surface area (TPSA) is 55.4 Å². The summed E-state index contributed by atoms with van der Waals surface area (Å²) in [5.41, 5.74) is 0.952. The molecule has 0 aliphatic heterocycles. The Morgan fingerprint density at radius 1 is 1.09 bits per heavy atom. The average molecular weight is 337 g/mol. The Labute approximate surface area is 135 Å². The van der Waals surface area contributed by atoms with E-state index in [0.29, 0.717) is 23.0 Å². The number of esters is 1. The molecule has 0 saturated carbocycles. The van der Waals surface area contributed by atoms with E-state index in [-0.39, 0.29) is 10.5 Å². The van der Waals surface area contributed by atoms with Crippen LogP contribution >= 0.6 is 11.8 Å². The maximum Gasteiger partial charge on any atom is 0.337 e. The Morgan fingerprint density at radius 2 is 1.74 bits per heavy atom. The fourth-order valence-corrected chi connectivity index (χ4v) is 2.50. The van der Waals surface area contributed by atoms with Gasteiger partial charge in [0, 0.05) is 10.6 Å². The van der Waals surface area contributed by atoms with Crippen LogP contribution in [0.3, 0.4) is 0 Å². The number of halogens is 2. The van der Waals surface area contributed by atoms with Gasteiger partial charge in [-0.15, -0.1) is 0 Å². The zero-order chi connectivity index (χ0) is 16.8. The maximum absolute atomic E-state index is 12.5. The molecule has 0 unspecified atom stereocenters. The van der Waals surface area contributed by atoms with Gasteiger partial charge in [0.05, 0.1) is 18.2 Å². The highest BCUT2D eigenvalue weighted by Crippen LogP contribution is 2.28. The zero-order valence-electron chi connectivity index (χ0n) is 12.1. The highest BCUT2D eigenvalue weighted by atomic mass is 32.2. The maximum atomic E-state index is 12.5. The van der Waals surface area contributed by atoms with Crippen LogP contribution in [0.1, 0.15) is 20.7 Å². The molecule has 0 atom stereocenters. The monoisotopic (exact) mass is 337 g/mol. The van der Waals surface area contributed by atoms with Crippen molar-refractivity contribution in [2.24, 2.45) is 0 Å². The largest absolute Gasteiger partial charge is 0.465 e. The number of anilines is 1. The second-order valence-corrected chi connectivity index (χ2v) is 5.43. The molecule has 0 spiro atoms. The van der Waals surface area contributed by atoms with Crippen LogP contribution in [0.15, 0.2) is 53.4 Å². The first kappa shape index (κ1) is 17.0. The first-order valence-corrected chi connectivity index (χ1v) is 7.43. The van der Waals surface area contributed by atoms with Gasteiger partial charge in [-0.2, -0.15) is 8.78 Å². The number of methoxy groups -OCH3 is 1. The van der Waals surface area contributed by atoms with E-state index in [0.717, 1.165) is 0 Å². The number of carbonyl (C=O) groups excluding carboxylic acids is 2. The molecule has 1 amide bonds. The minimum Gasteiger partial charge on any atom is -0.465 e. The van der Waals surface area contributed by atoms with Crippen molar-refractivity contribution in [2.75, 3.05) is 12.4 Å². The van der Waals surface area contributed by atoms with Crippen molar-refractivity contribution in [2.45, 2.75) is 10.7 Å². The molecule has 0 saturated heterocycles. The molecule has 0 aromatic heterocycles. The molecule has 2 rings (SSSR count). The van der Waals surface area contributed by atoms with Crippen LogP contribution in [0.4, 0.5) is 14.5 Å². The lowest BCUT2D eigenvalue weighted by atomic mass is 10.2. The number of benzene rings is 2. The van der Waals surface area contributed by atoms with Gasteiger partial charge in [-0.25, -0.2) is 4.79 Å². The summed E-state index contributed by atoms with van der Waals surface area (Å²) in [6.45, 7) is 0. The molecular formula is C16H13F2NO3S. The number of amides is 1. The van der Waals surface area contributed by atoms with Crippen LogP contribution in [0.5, 0.6) is 0 Å². The standard InChI is InChI=1S/C16H13F2NO3S/c1-22-15(21)10-6-8-11(9-7-10)19-14(20)12-4-2-3-5-13(12)23-16(17)18/h2-9,16H,1H3,(H,19,20). The third-order valence-electron chi connectivity index (χ3n) is 2.91.